The van der Waals surface area contributed by atoms with E-state index >= 15 is 0 Å². The minimum absolute atomic E-state index is 0.173. The third-order valence-electron chi connectivity index (χ3n) is 3.99. The molecule has 1 aromatic carbocycles. The number of thiocarbonyl (C=S) groups is 1. The van der Waals surface area contributed by atoms with E-state index in [1.807, 2.05) is 0 Å². The first-order valence-electron chi connectivity index (χ1n) is 7.55. The molecule has 1 saturated heterocycles. The molecule has 2 amide bonds. The van der Waals surface area contributed by atoms with Crippen molar-refractivity contribution < 1.29 is 9.59 Å². The number of amides is 2. The lowest BCUT2D eigenvalue weighted by molar-refractivity contribution is 0.0655. The Labute approximate surface area is 139 Å². The van der Waals surface area contributed by atoms with Crippen LogP contribution in [0.5, 0.6) is 0 Å². The Bertz CT molecular complexity index is 577. The van der Waals surface area contributed by atoms with Crippen LogP contribution in [0.2, 0.25) is 0 Å². The maximum Gasteiger partial charge on any atom is 0.261 e. The van der Waals surface area contributed by atoms with E-state index in [1.165, 1.54) is 17.7 Å². The highest BCUT2D eigenvalue weighted by Gasteiger charge is 2.34. The molecule has 1 fully saturated rings. The molecule has 6 heteroatoms. The first-order valence-corrected chi connectivity index (χ1v) is 8.95. The van der Waals surface area contributed by atoms with Crippen LogP contribution < -0.4 is 0 Å². The summed E-state index contributed by atoms with van der Waals surface area (Å²) in [5.74, 6) is 0.489. The Morgan fingerprint density at radius 2 is 1.68 bits per heavy atom. The lowest BCUT2D eigenvalue weighted by Crippen LogP contribution is -2.31. The number of nitrogens with zero attached hydrogens (tertiary/aromatic N) is 2. The van der Waals surface area contributed by atoms with E-state index in [-0.39, 0.29) is 11.8 Å². The Balaban J connectivity index is 1.48. The highest BCUT2D eigenvalue weighted by molar-refractivity contribution is 8.22. The Hall–Kier alpha value is -1.40. The lowest BCUT2D eigenvalue weighted by Gasteiger charge is -2.18. The Morgan fingerprint density at radius 1 is 1.09 bits per heavy atom. The third kappa shape index (κ3) is 3.03. The fourth-order valence-electron chi connectivity index (χ4n) is 2.82. The van der Waals surface area contributed by atoms with Crippen LogP contribution >= 0.6 is 24.0 Å². The van der Waals surface area contributed by atoms with Crippen molar-refractivity contribution in [1.29, 1.82) is 0 Å². The summed E-state index contributed by atoms with van der Waals surface area (Å²) in [4.78, 5) is 28.0. The van der Waals surface area contributed by atoms with Gasteiger partial charge in [-0.2, -0.15) is 0 Å². The molecule has 0 radical (unpaired) electrons. The number of carbonyl (C=O) groups excluding carboxylic acids is 2. The summed E-state index contributed by atoms with van der Waals surface area (Å²) in [5.41, 5.74) is 1.04. The van der Waals surface area contributed by atoms with Crippen molar-refractivity contribution in [3.8, 4) is 0 Å². The van der Waals surface area contributed by atoms with Crippen molar-refractivity contribution >= 4 is 40.1 Å². The maximum absolute atomic E-state index is 12.2. The number of rotatable bonds is 4. The zero-order valence-electron chi connectivity index (χ0n) is 12.3. The molecule has 116 valence electrons. The molecule has 0 atom stereocenters. The van der Waals surface area contributed by atoms with Gasteiger partial charge in [-0.15, -0.1) is 0 Å². The van der Waals surface area contributed by atoms with Crippen molar-refractivity contribution in [2.45, 2.75) is 19.3 Å². The van der Waals surface area contributed by atoms with Crippen LogP contribution in [-0.2, 0) is 0 Å². The molecule has 3 rings (SSSR count). The SMILES string of the molecule is O=C1c2ccccc2C(=O)N1CCCSC(=S)N1CCCC1. The molecule has 2 heterocycles. The minimum atomic E-state index is -0.173. The van der Waals surface area contributed by atoms with E-state index in [2.05, 4.69) is 4.90 Å². The van der Waals surface area contributed by atoms with Gasteiger partial charge in [0.2, 0.25) is 0 Å². The standard InChI is InChI=1S/C16H18N2O2S2/c19-14-12-6-1-2-7-13(12)15(20)18(14)10-5-11-22-16(21)17-8-3-4-9-17/h1-2,6-7H,3-5,8-11H2. The van der Waals surface area contributed by atoms with Gasteiger partial charge >= 0.3 is 0 Å². The number of imide groups is 1. The van der Waals surface area contributed by atoms with Crippen LogP contribution in [-0.4, -0.2) is 51.3 Å². The summed E-state index contributed by atoms with van der Waals surface area (Å²) in [6, 6.07) is 7.01. The Kier molecular flexibility index (Phi) is 4.78. The topological polar surface area (TPSA) is 40.6 Å². The zero-order chi connectivity index (χ0) is 15.5. The smallest absolute Gasteiger partial charge is 0.261 e. The van der Waals surface area contributed by atoms with Gasteiger partial charge in [0.05, 0.1) is 11.1 Å². The van der Waals surface area contributed by atoms with Crippen LogP contribution in [0, 0.1) is 0 Å². The second-order valence-electron chi connectivity index (χ2n) is 5.47. The van der Waals surface area contributed by atoms with Gasteiger partial charge in [0.25, 0.3) is 11.8 Å². The number of hydrogen-bond acceptors (Lipinski definition) is 4. The van der Waals surface area contributed by atoms with E-state index in [1.54, 1.807) is 36.0 Å². The zero-order valence-corrected chi connectivity index (χ0v) is 13.9. The monoisotopic (exact) mass is 334 g/mol. The summed E-state index contributed by atoms with van der Waals surface area (Å²) in [5, 5.41) is 0. The van der Waals surface area contributed by atoms with Gasteiger partial charge in [0.1, 0.15) is 4.32 Å². The van der Waals surface area contributed by atoms with E-state index < -0.39 is 0 Å². The molecule has 0 N–H and O–H groups in total. The minimum Gasteiger partial charge on any atom is -0.358 e. The van der Waals surface area contributed by atoms with E-state index in [0.717, 1.165) is 29.6 Å². The molecule has 0 spiro atoms. The van der Waals surface area contributed by atoms with Gasteiger partial charge in [0, 0.05) is 25.4 Å². The normalized spacial score (nSPS) is 17.3. The van der Waals surface area contributed by atoms with Crippen molar-refractivity contribution in [1.82, 2.24) is 9.80 Å². The number of carbonyl (C=O) groups is 2. The summed E-state index contributed by atoms with van der Waals surface area (Å²) in [7, 11) is 0. The van der Waals surface area contributed by atoms with Crippen molar-refractivity contribution in [3.05, 3.63) is 35.4 Å². The van der Waals surface area contributed by atoms with Crippen LogP contribution in [0.15, 0.2) is 24.3 Å². The molecule has 2 aliphatic heterocycles. The molecule has 0 saturated carbocycles. The summed E-state index contributed by atoms with van der Waals surface area (Å²) in [6.07, 6.45) is 3.20. The maximum atomic E-state index is 12.2. The van der Waals surface area contributed by atoms with Crippen LogP contribution in [0.1, 0.15) is 40.0 Å². The molecule has 4 nitrogen and oxygen atoms in total. The van der Waals surface area contributed by atoms with E-state index in [9.17, 15) is 9.59 Å². The molecule has 0 aromatic heterocycles. The predicted octanol–water partition coefficient (Wildman–Crippen LogP) is 2.79. The van der Waals surface area contributed by atoms with Crippen molar-refractivity contribution in [2.24, 2.45) is 0 Å². The summed E-state index contributed by atoms with van der Waals surface area (Å²) in [6.45, 7) is 2.58. The highest BCUT2D eigenvalue weighted by Crippen LogP contribution is 2.23. The third-order valence-corrected chi connectivity index (χ3v) is 5.60. The number of hydrogen-bond donors (Lipinski definition) is 0. The number of benzene rings is 1. The van der Waals surface area contributed by atoms with Crippen molar-refractivity contribution in [2.75, 3.05) is 25.4 Å². The van der Waals surface area contributed by atoms with Crippen LogP contribution in [0.4, 0.5) is 0 Å². The molecule has 1 aromatic rings. The average Bonchev–Trinajstić information content (AvgIpc) is 3.14. The van der Waals surface area contributed by atoms with E-state index in [4.69, 9.17) is 12.2 Å². The number of fused-ring (bicyclic) bond motifs is 1. The first-order chi connectivity index (χ1) is 10.7. The van der Waals surface area contributed by atoms with Gasteiger partial charge in [-0.05, 0) is 31.4 Å². The quantitative estimate of drug-likeness (QED) is 0.481. The van der Waals surface area contributed by atoms with Crippen LogP contribution in [0.3, 0.4) is 0 Å². The van der Waals surface area contributed by atoms with Gasteiger partial charge < -0.3 is 4.90 Å². The predicted molar refractivity (Wildman–Crippen MR) is 92.3 cm³/mol. The van der Waals surface area contributed by atoms with E-state index in [0.29, 0.717) is 17.7 Å². The molecule has 0 unspecified atom stereocenters. The molecule has 0 aliphatic carbocycles. The lowest BCUT2D eigenvalue weighted by atomic mass is 10.1. The molecular formula is C16H18N2O2S2. The number of thioether (sulfide) groups is 1. The van der Waals surface area contributed by atoms with Gasteiger partial charge in [-0.1, -0.05) is 36.1 Å². The van der Waals surface area contributed by atoms with Gasteiger partial charge in [-0.3, -0.25) is 14.5 Å². The summed E-state index contributed by atoms with van der Waals surface area (Å²) >= 11 is 7.06. The second kappa shape index (κ2) is 6.79. The highest BCUT2D eigenvalue weighted by atomic mass is 32.2. The first kappa shape index (κ1) is 15.5. The fraction of sp³-hybridized carbons (Fsp3) is 0.438. The largest absolute Gasteiger partial charge is 0.358 e. The molecular weight excluding hydrogens is 316 g/mol. The van der Waals surface area contributed by atoms with Crippen molar-refractivity contribution in [3.63, 3.8) is 0 Å². The van der Waals surface area contributed by atoms with Gasteiger partial charge in [0.15, 0.2) is 0 Å². The average molecular weight is 334 g/mol. The number of likely N-dealkylation sites (tertiary alicyclic amines) is 1. The second-order valence-corrected chi connectivity index (χ2v) is 7.20. The Morgan fingerprint density at radius 3 is 2.27 bits per heavy atom. The van der Waals surface area contributed by atoms with Gasteiger partial charge in [-0.25, -0.2) is 0 Å². The molecule has 2 aliphatic rings. The fourth-order valence-corrected chi connectivity index (χ4v) is 4.06. The molecule has 0 bridgehead atoms. The summed E-state index contributed by atoms with van der Waals surface area (Å²) < 4.78 is 0.944. The van der Waals surface area contributed by atoms with Crippen LogP contribution in [0.25, 0.3) is 0 Å². The molecule has 22 heavy (non-hydrogen) atoms.